The number of para-hydroxylation sites is 1. The Balaban J connectivity index is 2.14. The maximum absolute atomic E-state index is 5.58. The first-order chi connectivity index (χ1) is 10.0. The number of rotatable bonds is 7. The van der Waals surface area contributed by atoms with Crippen LogP contribution in [0.25, 0.3) is 10.9 Å². The maximum atomic E-state index is 5.58. The van der Waals surface area contributed by atoms with E-state index in [1.165, 1.54) is 10.9 Å². The molecule has 0 fully saturated rings. The minimum Gasteiger partial charge on any atom is -0.380 e. The second-order valence-corrected chi connectivity index (χ2v) is 6.40. The molecule has 116 valence electrons. The molecule has 0 aliphatic carbocycles. The van der Waals surface area contributed by atoms with E-state index in [0.29, 0.717) is 6.61 Å². The van der Waals surface area contributed by atoms with E-state index in [-0.39, 0.29) is 5.54 Å². The highest BCUT2D eigenvalue weighted by atomic mass is 16.5. The van der Waals surface area contributed by atoms with Gasteiger partial charge >= 0.3 is 0 Å². The van der Waals surface area contributed by atoms with Gasteiger partial charge in [0.15, 0.2) is 0 Å². The van der Waals surface area contributed by atoms with Crippen LogP contribution in [0.1, 0.15) is 39.8 Å². The molecule has 0 aliphatic rings. The van der Waals surface area contributed by atoms with E-state index in [9.17, 15) is 0 Å². The van der Waals surface area contributed by atoms with Crippen LogP contribution in [0, 0.1) is 0 Å². The highest BCUT2D eigenvalue weighted by Crippen LogP contribution is 2.19. The summed E-state index contributed by atoms with van der Waals surface area (Å²) in [4.78, 5) is 0. The number of hydrogen-bond acceptors (Lipinski definition) is 3. The summed E-state index contributed by atoms with van der Waals surface area (Å²) in [5.74, 6) is 0. The maximum Gasteiger partial charge on any atom is 0.0841 e. The molecule has 4 nitrogen and oxygen atoms in total. The zero-order valence-corrected chi connectivity index (χ0v) is 13.6. The van der Waals surface area contributed by atoms with Crippen LogP contribution in [0.3, 0.4) is 0 Å². The molecule has 0 aliphatic heterocycles. The van der Waals surface area contributed by atoms with E-state index < -0.39 is 0 Å². The van der Waals surface area contributed by atoms with Gasteiger partial charge in [0.2, 0.25) is 0 Å². The van der Waals surface area contributed by atoms with E-state index in [1.54, 1.807) is 0 Å². The second kappa shape index (κ2) is 7.05. The van der Waals surface area contributed by atoms with Crippen LogP contribution in [0.5, 0.6) is 0 Å². The van der Waals surface area contributed by atoms with Gasteiger partial charge in [-0.05, 0) is 33.3 Å². The van der Waals surface area contributed by atoms with Gasteiger partial charge in [0.05, 0.1) is 24.4 Å². The van der Waals surface area contributed by atoms with Crippen LogP contribution >= 0.6 is 0 Å². The van der Waals surface area contributed by atoms with Gasteiger partial charge < -0.3 is 10.1 Å². The summed E-state index contributed by atoms with van der Waals surface area (Å²) in [6.45, 7) is 11.8. The van der Waals surface area contributed by atoms with Crippen LogP contribution in [0.2, 0.25) is 0 Å². The summed E-state index contributed by atoms with van der Waals surface area (Å²) >= 11 is 0. The molecule has 4 heteroatoms. The molecule has 1 N–H and O–H groups in total. The monoisotopic (exact) mass is 289 g/mol. The Morgan fingerprint density at radius 1 is 1.19 bits per heavy atom. The number of ether oxygens (including phenoxy) is 1. The van der Waals surface area contributed by atoms with Crippen molar-refractivity contribution in [3.63, 3.8) is 0 Å². The zero-order valence-electron chi connectivity index (χ0n) is 13.6. The molecule has 0 saturated heterocycles. The van der Waals surface area contributed by atoms with Crippen molar-refractivity contribution in [3.05, 3.63) is 30.0 Å². The normalized spacial score (nSPS) is 12.2. The third-order valence-electron chi connectivity index (χ3n) is 3.32. The Morgan fingerprint density at radius 2 is 1.95 bits per heavy atom. The number of benzene rings is 1. The van der Waals surface area contributed by atoms with Gasteiger partial charge in [-0.3, -0.25) is 4.68 Å². The molecule has 2 aromatic rings. The molecule has 0 atom stereocenters. The predicted molar refractivity (Wildman–Crippen MR) is 87.4 cm³/mol. The lowest BCUT2D eigenvalue weighted by Crippen LogP contribution is -2.35. The topological polar surface area (TPSA) is 39.1 Å². The van der Waals surface area contributed by atoms with E-state index in [4.69, 9.17) is 9.84 Å². The smallest absolute Gasteiger partial charge is 0.0841 e. The molecular weight excluding hydrogens is 262 g/mol. The fourth-order valence-electron chi connectivity index (χ4n) is 2.24. The average molecular weight is 289 g/mol. The lowest BCUT2D eigenvalue weighted by Gasteiger charge is -2.19. The van der Waals surface area contributed by atoms with Crippen LogP contribution in [0.15, 0.2) is 24.3 Å². The van der Waals surface area contributed by atoms with Gasteiger partial charge in [-0.1, -0.05) is 25.1 Å². The zero-order chi connectivity index (χ0) is 15.3. The molecular formula is C17H27N3O. The highest BCUT2D eigenvalue weighted by Gasteiger charge is 2.13. The standard InChI is InChI=1S/C17H27N3O/c1-5-11-21-12-10-20-16-9-7-6-8-14(16)15(19-20)13-18-17(2,3)4/h6-9,18H,5,10-13H2,1-4H3. The average Bonchev–Trinajstić information content (AvgIpc) is 2.79. The lowest BCUT2D eigenvalue weighted by molar-refractivity contribution is 0.125. The van der Waals surface area contributed by atoms with Crippen molar-refractivity contribution in [3.8, 4) is 0 Å². The number of fused-ring (bicyclic) bond motifs is 1. The first kappa shape index (κ1) is 16.0. The molecule has 0 saturated carbocycles. The van der Waals surface area contributed by atoms with Gasteiger partial charge in [0, 0.05) is 24.1 Å². The molecule has 0 unspecified atom stereocenters. The Labute approximate surface area is 127 Å². The Bertz CT molecular complexity index is 569. The van der Waals surface area contributed by atoms with E-state index >= 15 is 0 Å². The number of hydrogen-bond donors (Lipinski definition) is 1. The highest BCUT2D eigenvalue weighted by molar-refractivity contribution is 5.81. The minimum absolute atomic E-state index is 0.0924. The third-order valence-corrected chi connectivity index (χ3v) is 3.32. The SMILES string of the molecule is CCCOCCn1nc(CNC(C)(C)C)c2ccccc21. The number of nitrogens with zero attached hydrogens (tertiary/aromatic N) is 2. The summed E-state index contributed by atoms with van der Waals surface area (Å²) < 4.78 is 7.64. The second-order valence-electron chi connectivity index (χ2n) is 6.40. The molecule has 0 radical (unpaired) electrons. The van der Waals surface area contributed by atoms with Crippen molar-refractivity contribution in [2.24, 2.45) is 0 Å². The van der Waals surface area contributed by atoms with Gasteiger partial charge in [-0.25, -0.2) is 0 Å². The summed E-state index contributed by atoms with van der Waals surface area (Å²) in [5, 5.41) is 9.50. The van der Waals surface area contributed by atoms with E-state index in [1.807, 2.05) is 0 Å². The first-order valence-corrected chi connectivity index (χ1v) is 7.78. The molecule has 1 aromatic heterocycles. The van der Waals surface area contributed by atoms with Crippen LogP contribution in [-0.4, -0.2) is 28.5 Å². The summed E-state index contributed by atoms with van der Waals surface area (Å²) in [6.07, 6.45) is 1.06. The van der Waals surface area contributed by atoms with Crippen molar-refractivity contribution in [1.82, 2.24) is 15.1 Å². The van der Waals surface area contributed by atoms with E-state index in [2.05, 4.69) is 62.0 Å². The van der Waals surface area contributed by atoms with Gasteiger partial charge in [-0.15, -0.1) is 0 Å². The molecule has 1 aromatic carbocycles. The number of nitrogens with one attached hydrogen (secondary N) is 1. The van der Waals surface area contributed by atoms with Crippen molar-refractivity contribution >= 4 is 10.9 Å². The van der Waals surface area contributed by atoms with Gasteiger partial charge in [0.25, 0.3) is 0 Å². The van der Waals surface area contributed by atoms with Crippen LogP contribution < -0.4 is 5.32 Å². The molecule has 2 rings (SSSR count). The third kappa shape index (κ3) is 4.55. The number of aromatic nitrogens is 2. The quantitative estimate of drug-likeness (QED) is 0.795. The molecule has 1 heterocycles. The fraction of sp³-hybridized carbons (Fsp3) is 0.588. The Morgan fingerprint density at radius 3 is 2.67 bits per heavy atom. The first-order valence-electron chi connectivity index (χ1n) is 7.78. The van der Waals surface area contributed by atoms with Crippen molar-refractivity contribution in [1.29, 1.82) is 0 Å². The molecule has 0 amide bonds. The summed E-state index contributed by atoms with van der Waals surface area (Å²) in [7, 11) is 0. The van der Waals surface area contributed by atoms with E-state index in [0.717, 1.165) is 31.8 Å². The molecule has 21 heavy (non-hydrogen) atoms. The minimum atomic E-state index is 0.0924. The van der Waals surface area contributed by atoms with Crippen LogP contribution in [0.4, 0.5) is 0 Å². The summed E-state index contributed by atoms with van der Waals surface area (Å²) in [6, 6.07) is 8.41. The van der Waals surface area contributed by atoms with Crippen molar-refractivity contribution in [2.45, 2.75) is 52.7 Å². The van der Waals surface area contributed by atoms with Gasteiger partial charge in [-0.2, -0.15) is 5.10 Å². The van der Waals surface area contributed by atoms with Gasteiger partial charge in [0.1, 0.15) is 0 Å². The fourth-order valence-corrected chi connectivity index (χ4v) is 2.24. The summed E-state index contributed by atoms with van der Waals surface area (Å²) in [5.41, 5.74) is 2.38. The Hall–Kier alpha value is -1.39. The van der Waals surface area contributed by atoms with Crippen molar-refractivity contribution < 1.29 is 4.74 Å². The van der Waals surface area contributed by atoms with Crippen molar-refractivity contribution in [2.75, 3.05) is 13.2 Å². The molecule has 0 spiro atoms. The Kier molecular flexibility index (Phi) is 5.37. The lowest BCUT2D eigenvalue weighted by atomic mass is 10.1. The molecule has 0 bridgehead atoms. The predicted octanol–water partition coefficient (Wildman–Crippen LogP) is 3.35. The largest absolute Gasteiger partial charge is 0.380 e. The van der Waals surface area contributed by atoms with Crippen LogP contribution in [-0.2, 0) is 17.8 Å².